The lowest BCUT2D eigenvalue weighted by Crippen LogP contribution is -2.09. The van der Waals surface area contributed by atoms with E-state index in [9.17, 15) is 0 Å². The van der Waals surface area contributed by atoms with Gasteiger partial charge in [0.25, 0.3) is 0 Å². The quantitative estimate of drug-likeness (QED) is 0.877. The van der Waals surface area contributed by atoms with Gasteiger partial charge in [-0.05, 0) is 37.6 Å². The Morgan fingerprint density at radius 3 is 2.61 bits per heavy atom. The van der Waals surface area contributed by atoms with E-state index in [1.807, 2.05) is 49.0 Å². The first kappa shape index (κ1) is 12.6. The molecule has 4 heteroatoms. The molecule has 1 unspecified atom stereocenters. The minimum Gasteiger partial charge on any atom is -0.483 e. The van der Waals surface area contributed by atoms with Gasteiger partial charge in [-0.15, -0.1) is 0 Å². The molecule has 0 saturated heterocycles. The Balaban J connectivity index is 2.03. The Hall–Kier alpha value is -1.81. The van der Waals surface area contributed by atoms with Crippen molar-refractivity contribution in [2.75, 3.05) is 6.54 Å². The Morgan fingerprint density at radius 2 is 2.06 bits per heavy atom. The van der Waals surface area contributed by atoms with Crippen LogP contribution in [0.15, 0.2) is 36.7 Å². The van der Waals surface area contributed by atoms with Gasteiger partial charge in [0.1, 0.15) is 11.6 Å². The number of imidazole rings is 1. The van der Waals surface area contributed by atoms with Crippen molar-refractivity contribution in [3.8, 4) is 5.75 Å². The average Bonchev–Trinajstić information content (AvgIpc) is 2.78. The van der Waals surface area contributed by atoms with Gasteiger partial charge in [-0.1, -0.05) is 12.1 Å². The normalized spacial score (nSPS) is 12.4. The van der Waals surface area contributed by atoms with Gasteiger partial charge in [0.15, 0.2) is 6.10 Å². The number of aryl methyl sites for hydroxylation is 1. The third-order valence-electron chi connectivity index (χ3n) is 2.89. The second-order valence-corrected chi connectivity index (χ2v) is 4.34. The van der Waals surface area contributed by atoms with Crippen molar-refractivity contribution >= 4 is 0 Å². The molecule has 1 atom stereocenters. The Kier molecular flexibility index (Phi) is 3.99. The lowest BCUT2D eigenvalue weighted by Gasteiger charge is -2.14. The zero-order chi connectivity index (χ0) is 13.0. The van der Waals surface area contributed by atoms with E-state index in [2.05, 4.69) is 4.98 Å². The van der Waals surface area contributed by atoms with Crippen molar-refractivity contribution in [1.82, 2.24) is 9.55 Å². The molecule has 0 aliphatic rings. The van der Waals surface area contributed by atoms with Gasteiger partial charge in [0.05, 0.1) is 0 Å². The summed E-state index contributed by atoms with van der Waals surface area (Å²) in [5.41, 5.74) is 6.75. The van der Waals surface area contributed by atoms with Crippen LogP contribution in [-0.4, -0.2) is 16.1 Å². The Morgan fingerprint density at radius 1 is 1.33 bits per heavy atom. The Labute approximate surface area is 107 Å². The van der Waals surface area contributed by atoms with Crippen LogP contribution in [0.4, 0.5) is 0 Å². The monoisotopic (exact) mass is 245 g/mol. The topological polar surface area (TPSA) is 53.1 Å². The fourth-order valence-corrected chi connectivity index (χ4v) is 1.93. The lowest BCUT2D eigenvalue weighted by atomic mass is 10.1. The summed E-state index contributed by atoms with van der Waals surface area (Å²) >= 11 is 0. The van der Waals surface area contributed by atoms with Gasteiger partial charge in [0.2, 0.25) is 0 Å². The van der Waals surface area contributed by atoms with Crippen LogP contribution in [0.1, 0.15) is 24.4 Å². The molecule has 0 spiro atoms. The standard InChI is InChI=1S/C14H19N3O/c1-11(14-16-9-10-17(14)2)18-13-5-3-12(4-6-13)7-8-15/h3-6,9-11H,7-8,15H2,1-2H3. The molecular weight excluding hydrogens is 226 g/mol. The number of nitrogens with two attached hydrogens (primary N) is 1. The largest absolute Gasteiger partial charge is 0.483 e. The average molecular weight is 245 g/mol. The molecule has 2 rings (SSSR count). The smallest absolute Gasteiger partial charge is 0.153 e. The number of ether oxygens (including phenoxy) is 1. The van der Waals surface area contributed by atoms with Crippen molar-refractivity contribution < 1.29 is 4.74 Å². The van der Waals surface area contributed by atoms with Crippen molar-refractivity contribution in [3.05, 3.63) is 48.0 Å². The first-order chi connectivity index (χ1) is 8.70. The molecule has 2 N–H and O–H groups in total. The highest BCUT2D eigenvalue weighted by atomic mass is 16.5. The van der Waals surface area contributed by atoms with E-state index in [4.69, 9.17) is 10.5 Å². The zero-order valence-corrected chi connectivity index (χ0v) is 10.8. The second kappa shape index (κ2) is 5.69. The fraction of sp³-hybridized carbons (Fsp3) is 0.357. The Bertz CT molecular complexity index is 490. The maximum atomic E-state index is 5.86. The van der Waals surface area contributed by atoms with Gasteiger partial charge in [-0.25, -0.2) is 4.98 Å². The molecule has 0 fully saturated rings. The summed E-state index contributed by atoms with van der Waals surface area (Å²) in [4.78, 5) is 4.28. The van der Waals surface area contributed by atoms with Gasteiger partial charge in [-0.2, -0.15) is 0 Å². The maximum absolute atomic E-state index is 5.86. The number of aromatic nitrogens is 2. The van der Waals surface area contributed by atoms with Crippen LogP contribution in [0, 0.1) is 0 Å². The number of benzene rings is 1. The first-order valence-corrected chi connectivity index (χ1v) is 6.13. The maximum Gasteiger partial charge on any atom is 0.153 e. The molecule has 0 bridgehead atoms. The molecule has 1 aromatic heterocycles. The summed E-state index contributed by atoms with van der Waals surface area (Å²) in [6.07, 6.45) is 4.53. The molecule has 18 heavy (non-hydrogen) atoms. The van der Waals surface area contributed by atoms with Crippen LogP contribution in [0.25, 0.3) is 0 Å². The molecule has 2 aromatic rings. The van der Waals surface area contributed by atoms with Crippen LogP contribution in [0.5, 0.6) is 5.75 Å². The summed E-state index contributed by atoms with van der Waals surface area (Å²) < 4.78 is 7.82. The first-order valence-electron chi connectivity index (χ1n) is 6.13. The van der Waals surface area contributed by atoms with Crippen LogP contribution < -0.4 is 10.5 Å². The molecule has 0 amide bonds. The number of rotatable bonds is 5. The number of hydrogen-bond acceptors (Lipinski definition) is 3. The zero-order valence-electron chi connectivity index (χ0n) is 10.8. The van der Waals surface area contributed by atoms with Crippen LogP contribution in [0.2, 0.25) is 0 Å². The molecule has 0 radical (unpaired) electrons. The van der Waals surface area contributed by atoms with E-state index in [1.165, 1.54) is 5.56 Å². The van der Waals surface area contributed by atoms with Gasteiger partial charge >= 0.3 is 0 Å². The van der Waals surface area contributed by atoms with Crippen molar-refractivity contribution in [2.24, 2.45) is 12.8 Å². The lowest BCUT2D eigenvalue weighted by molar-refractivity contribution is 0.212. The molecule has 0 aliphatic heterocycles. The van der Waals surface area contributed by atoms with E-state index in [-0.39, 0.29) is 6.10 Å². The predicted molar refractivity (Wildman–Crippen MR) is 71.5 cm³/mol. The predicted octanol–water partition coefficient (Wildman–Crippen LogP) is 2.06. The van der Waals surface area contributed by atoms with Crippen molar-refractivity contribution in [2.45, 2.75) is 19.4 Å². The molecule has 1 aromatic carbocycles. The van der Waals surface area contributed by atoms with E-state index >= 15 is 0 Å². The summed E-state index contributed by atoms with van der Waals surface area (Å²) in [5.74, 6) is 1.77. The summed E-state index contributed by atoms with van der Waals surface area (Å²) in [7, 11) is 1.96. The van der Waals surface area contributed by atoms with Gasteiger partial charge in [-0.3, -0.25) is 0 Å². The number of hydrogen-bond donors (Lipinski definition) is 1. The van der Waals surface area contributed by atoms with E-state index in [0.717, 1.165) is 18.0 Å². The minimum absolute atomic E-state index is 0.0645. The van der Waals surface area contributed by atoms with Crippen molar-refractivity contribution in [1.29, 1.82) is 0 Å². The highest BCUT2D eigenvalue weighted by Gasteiger charge is 2.11. The van der Waals surface area contributed by atoms with Crippen LogP contribution in [-0.2, 0) is 13.5 Å². The van der Waals surface area contributed by atoms with E-state index < -0.39 is 0 Å². The third-order valence-corrected chi connectivity index (χ3v) is 2.89. The molecule has 1 heterocycles. The van der Waals surface area contributed by atoms with Crippen LogP contribution >= 0.6 is 0 Å². The van der Waals surface area contributed by atoms with Gasteiger partial charge in [0, 0.05) is 19.4 Å². The summed E-state index contributed by atoms with van der Waals surface area (Å²) in [5, 5.41) is 0. The van der Waals surface area contributed by atoms with E-state index in [1.54, 1.807) is 6.20 Å². The number of nitrogens with zero attached hydrogens (tertiary/aromatic N) is 2. The van der Waals surface area contributed by atoms with Crippen molar-refractivity contribution in [3.63, 3.8) is 0 Å². The summed E-state index contributed by atoms with van der Waals surface area (Å²) in [6.45, 7) is 2.67. The van der Waals surface area contributed by atoms with Crippen LogP contribution in [0.3, 0.4) is 0 Å². The fourth-order valence-electron chi connectivity index (χ4n) is 1.93. The second-order valence-electron chi connectivity index (χ2n) is 4.34. The molecule has 4 nitrogen and oxygen atoms in total. The highest BCUT2D eigenvalue weighted by Crippen LogP contribution is 2.20. The third kappa shape index (κ3) is 2.90. The molecule has 96 valence electrons. The highest BCUT2D eigenvalue weighted by molar-refractivity contribution is 5.27. The molecule has 0 saturated carbocycles. The van der Waals surface area contributed by atoms with E-state index in [0.29, 0.717) is 6.54 Å². The minimum atomic E-state index is -0.0645. The molecular formula is C14H19N3O. The SMILES string of the molecule is CC(Oc1ccc(CCN)cc1)c1nccn1C. The van der Waals surface area contributed by atoms with Gasteiger partial charge < -0.3 is 15.0 Å². The molecule has 0 aliphatic carbocycles. The summed E-state index contributed by atoms with van der Waals surface area (Å²) in [6, 6.07) is 8.05.